The number of nitrogens with one attached hydrogen (secondary N) is 1. The molecule has 1 heterocycles. The predicted octanol–water partition coefficient (Wildman–Crippen LogP) is 4.26. The normalized spacial score (nSPS) is 13.0. The number of aryl methyl sites for hydroxylation is 1. The Bertz CT molecular complexity index is 924. The zero-order chi connectivity index (χ0) is 23.1. The molecule has 6 nitrogen and oxygen atoms in total. The molecule has 0 saturated heterocycles. The van der Waals surface area contributed by atoms with E-state index >= 15 is 0 Å². The smallest absolute Gasteiger partial charge is 0.256 e. The molecule has 2 aromatic rings. The Morgan fingerprint density at radius 1 is 1.06 bits per heavy atom. The minimum atomic E-state index is -0.0625. The first-order valence-electron chi connectivity index (χ1n) is 11.2. The maximum absolute atomic E-state index is 13.2. The highest BCUT2D eigenvalue weighted by molar-refractivity contribution is 9.10. The van der Waals surface area contributed by atoms with Crippen LogP contribution in [0, 0.1) is 6.92 Å². The minimum absolute atomic E-state index is 0.0427. The molecule has 0 unspecified atom stereocenters. The first-order valence-corrected chi connectivity index (χ1v) is 12.0. The van der Waals surface area contributed by atoms with Gasteiger partial charge in [-0.1, -0.05) is 60.0 Å². The molecule has 0 saturated carbocycles. The molecule has 0 spiro atoms. The van der Waals surface area contributed by atoms with Gasteiger partial charge >= 0.3 is 0 Å². The van der Waals surface area contributed by atoms with Crippen LogP contribution in [0.5, 0.6) is 0 Å². The third kappa shape index (κ3) is 6.33. The quantitative estimate of drug-likeness (QED) is 0.495. The summed E-state index contributed by atoms with van der Waals surface area (Å²) in [5.41, 5.74) is 4.41. The number of anilines is 1. The number of carbonyl (C=O) groups excluding carboxylic acids is 2. The number of hydrogen-bond acceptors (Lipinski definition) is 4. The first kappa shape index (κ1) is 24.3. The summed E-state index contributed by atoms with van der Waals surface area (Å²) in [5, 5.41) is 6.73. The monoisotopic (exact) mass is 500 g/mol. The number of hydrogen-bond donors (Lipinski definition) is 1. The zero-order valence-corrected chi connectivity index (χ0v) is 20.8. The Hall–Kier alpha value is -2.38. The number of benzene rings is 2. The van der Waals surface area contributed by atoms with E-state index in [0.29, 0.717) is 19.6 Å². The third-order valence-corrected chi connectivity index (χ3v) is 6.37. The van der Waals surface area contributed by atoms with Crippen LogP contribution in [0.15, 0.2) is 46.9 Å². The van der Waals surface area contributed by atoms with Crippen molar-refractivity contribution in [2.24, 2.45) is 0 Å². The third-order valence-electron chi connectivity index (χ3n) is 5.87. The minimum Gasteiger partial charge on any atom is -0.355 e. The van der Waals surface area contributed by atoms with Gasteiger partial charge in [0.1, 0.15) is 0 Å². The number of nitrogens with zero attached hydrogens (tertiary/aromatic N) is 3. The van der Waals surface area contributed by atoms with Crippen LogP contribution < -0.4 is 10.2 Å². The van der Waals surface area contributed by atoms with Gasteiger partial charge in [-0.25, -0.2) is 5.01 Å². The van der Waals surface area contributed by atoms with Crippen molar-refractivity contribution in [1.82, 2.24) is 15.3 Å². The Labute approximate surface area is 199 Å². The summed E-state index contributed by atoms with van der Waals surface area (Å²) in [5.74, 6) is -0.105. The van der Waals surface area contributed by atoms with E-state index in [-0.39, 0.29) is 24.9 Å². The van der Waals surface area contributed by atoms with Gasteiger partial charge in [-0.05, 0) is 48.2 Å². The fourth-order valence-corrected chi connectivity index (χ4v) is 4.46. The predicted molar refractivity (Wildman–Crippen MR) is 132 cm³/mol. The maximum Gasteiger partial charge on any atom is 0.256 e. The van der Waals surface area contributed by atoms with Crippen LogP contribution in [-0.2, 0) is 22.7 Å². The summed E-state index contributed by atoms with van der Waals surface area (Å²) < 4.78 is 0.973. The van der Waals surface area contributed by atoms with Crippen LogP contribution in [0.2, 0.25) is 0 Å². The Morgan fingerprint density at radius 3 is 2.38 bits per heavy atom. The molecule has 3 rings (SSSR count). The van der Waals surface area contributed by atoms with Gasteiger partial charge < -0.3 is 10.2 Å². The van der Waals surface area contributed by atoms with Crippen molar-refractivity contribution in [3.63, 3.8) is 0 Å². The van der Waals surface area contributed by atoms with Crippen LogP contribution in [0.3, 0.4) is 0 Å². The van der Waals surface area contributed by atoms with Crippen LogP contribution in [0.4, 0.5) is 5.69 Å². The van der Waals surface area contributed by atoms with Gasteiger partial charge in [0, 0.05) is 36.8 Å². The molecule has 2 aromatic carbocycles. The van der Waals surface area contributed by atoms with E-state index in [0.717, 1.165) is 35.0 Å². The average Bonchev–Trinajstić information content (AvgIpc) is 3.20. The van der Waals surface area contributed by atoms with Gasteiger partial charge in [0.05, 0.1) is 13.1 Å². The van der Waals surface area contributed by atoms with Gasteiger partial charge in [0.25, 0.3) is 5.91 Å². The molecule has 0 atom stereocenters. The molecule has 1 N–H and O–H groups in total. The number of hydrazine groups is 1. The van der Waals surface area contributed by atoms with E-state index < -0.39 is 0 Å². The Kier molecular flexibility index (Phi) is 8.70. The Morgan fingerprint density at radius 2 is 1.75 bits per heavy atom. The second-order valence-corrected chi connectivity index (χ2v) is 9.27. The molecule has 1 aliphatic rings. The van der Waals surface area contributed by atoms with Crippen molar-refractivity contribution >= 4 is 33.4 Å². The van der Waals surface area contributed by atoms with Crippen LogP contribution in [0.1, 0.15) is 42.9 Å². The number of unbranched alkanes of at least 4 members (excludes halogenated alkanes) is 2. The van der Waals surface area contributed by atoms with E-state index in [1.54, 1.807) is 5.01 Å². The van der Waals surface area contributed by atoms with Crippen molar-refractivity contribution in [1.29, 1.82) is 0 Å². The second kappa shape index (κ2) is 11.5. The van der Waals surface area contributed by atoms with E-state index in [1.165, 1.54) is 11.1 Å². The number of fused-ring (bicyclic) bond motifs is 1. The lowest BCUT2D eigenvalue weighted by Gasteiger charge is -2.32. The summed E-state index contributed by atoms with van der Waals surface area (Å²) in [6.07, 6.45) is 3.18. The van der Waals surface area contributed by atoms with Crippen LogP contribution in [-0.4, -0.2) is 48.5 Å². The molecular weight excluding hydrogens is 468 g/mol. The lowest BCUT2D eigenvalue weighted by atomic mass is 10.1. The van der Waals surface area contributed by atoms with Crippen molar-refractivity contribution in [3.8, 4) is 0 Å². The van der Waals surface area contributed by atoms with E-state index in [2.05, 4.69) is 40.3 Å². The number of rotatable bonds is 10. The van der Waals surface area contributed by atoms with Crippen molar-refractivity contribution in [2.75, 3.05) is 31.6 Å². The lowest BCUT2D eigenvalue weighted by molar-refractivity contribution is -0.145. The molecular formula is C25H33BrN4O2. The largest absolute Gasteiger partial charge is 0.355 e. The number of halogens is 1. The summed E-state index contributed by atoms with van der Waals surface area (Å²) in [4.78, 5) is 27.7. The van der Waals surface area contributed by atoms with Gasteiger partial charge in [0.15, 0.2) is 0 Å². The molecule has 0 bridgehead atoms. The molecule has 2 amide bonds. The average molecular weight is 501 g/mol. The first-order chi connectivity index (χ1) is 15.4. The Balaban J connectivity index is 1.68. The van der Waals surface area contributed by atoms with Gasteiger partial charge in [-0.3, -0.25) is 14.6 Å². The fourth-order valence-electron chi connectivity index (χ4n) is 3.98. The van der Waals surface area contributed by atoms with Gasteiger partial charge in [-0.2, -0.15) is 0 Å². The highest BCUT2D eigenvalue weighted by atomic mass is 79.9. The standard InChI is InChI=1S/C25H33BrN4O2/c1-4-5-8-13-27-24(31)17-29(23-12-11-22(26)14-19(23)2)18-25(32)28(3)30-15-20-9-6-7-10-21(20)16-30/h6-7,9-12,14H,4-5,8,13,15-18H2,1-3H3,(H,27,31). The molecule has 0 fully saturated rings. The lowest BCUT2D eigenvalue weighted by Crippen LogP contribution is -2.48. The summed E-state index contributed by atoms with van der Waals surface area (Å²) in [6, 6.07) is 14.2. The number of likely N-dealkylation sites (N-methyl/N-ethyl adjacent to an activating group) is 1. The maximum atomic E-state index is 13.2. The summed E-state index contributed by atoms with van der Waals surface area (Å²) in [7, 11) is 1.81. The van der Waals surface area contributed by atoms with Crippen LogP contribution in [0.25, 0.3) is 0 Å². The highest BCUT2D eigenvalue weighted by Gasteiger charge is 2.26. The summed E-state index contributed by atoms with van der Waals surface area (Å²) >= 11 is 3.50. The molecule has 0 aliphatic carbocycles. The van der Waals surface area contributed by atoms with E-state index in [4.69, 9.17) is 0 Å². The molecule has 32 heavy (non-hydrogen) atoms. The SMILES string of the molecule is CCCCCNC(=O)CN(CC(=O)N(C)N1Cc2ccccc2C1)c1ccc(Br)cc1C. The molecule has 0 radical (unpaired) electrons. The van der Waals surface area contributed by atoms with Gasteiger partial charge in [0.2, 0.25) is 5.91 Å². The van der Waals surface area contributed by atoms with Crippen molar-refractivity contribution in [3.05, 3.63) is 63.6 Å². The summed E-state index contributed by atoms with van der Waals surface area (Å²) in [6.45, 7) is 6.52. The topological polar surface area (TPSA) is 55.9 Å². The highest BCUT2D eigenvalue weighted by Crippen LogP contribution is 2.26. The molecule has 1 aliphatic heterocycles. The van der Waals surface area contributed by atoms with E-state index in [9.17, 15) is 9.59 Å². The molecule has 172 valence electrons. The number of carbonyl (C=O) groups is 2. The van der Waals surface area contributed by atoms with Crippen molar-refractivity contribution < 1.29 is 9.59 Å². The molecule has 0 aromatic heterocycles. The van der Waals surface area contributed by atoms with Crippen LogP contribution >= 0.6 is 15.9 Å². The zero-order valence-electron chi connectivity index (χ0n) is 19.2. The van der Waals surface area contributed by atoms with Crippen molar-refractivity contribution in [2.45, 2.75) is 46.2 Å². The fraction of sp³-hybridized carbons (Fsp3) is 0.440. The second-order valence-electron chi connectivity index (χ2n) is 8.35. The number of amides is 2. The van der Waals surface area contributed by atoms with Gasteiger partial charge in [-0.15, -0.1) is 0 Å². The van der Waals surface area contributed by atoms with E-state index in [1.807, 2.05) is 54.2 Å². The molecule has 7 heteroatoms.